The van der Waals surface area contributed by atoms with Crippen molar-refractivity contribution in [3.63, 3.8) is 0 Å². The lowest BCUT2D eigenvalue weighted by Crippen LogP contribution is -2.50. The topological polar surface area (TPSA) is 109 Å². The van der Waals surface area contributed by atoms with Crippen molar-refractivity contribution in [1.29, 1.82) is 0 Å². The molecule has 3 heterocycles. The summed E-state index contributed by atoms with van der Waals surface area (Å²) in [6.45, 7) is 15.7. The number of nitrogens with one attached hydrogen (secondary N) is 1. The fourth-order valence-electron chi connectivity index (χ4n) is 5.27. The maximum Gasteiger partial charge on any atom is 0.241 e. The fraction of sp³-hybridized carbons (Fsp3) is 0.531. The molecule has 1 atom stereocenters. The number of thiazole rings is 2. The molecule has 1 N–H and O–H groups in total. The highest BCUT2D eigenvalue weighted by Crippen LogP contribution is 2.22. The van der Waals surface area contributed by atoms with E-state index < -0.39 is 16.1 Å². The number of hydrogen-bond donors (Lipinski definition) is 1. The second kappa shape index (κ2) is 15.6. The average Bonchev–Trinajstić information content (AvgIpc) is 3.69. The molecule has 0 saturated carbocycles. The lowest BCUT2D eigenvalue weighted by atomic mass is 10.1. The first-order valence-electron chi connectivity index (χ1n) is 15.2. The summed E-state index contributed by atoms with van der Waals surface area (Å²) in [5, 5.41) is 6.96. The molecule has 12 heteroatoms. The van der Waals surface area contributed by atoms with Gasteiger partial charge in [-0.15, -0.1) is 22.7 Å². The van der Waals surface area contributed by atoms with Crippen molar-refractivity contribution in [2.75, 3.05) is 19.6 Å². The van der Waals surface area contributed by atoms with Crippen LogP contribution < -0.4 is 4.72 Å². The Hall–Kier alpha value is -2.64. The normalized spacial score (nSPS) is 13.0. The number of rotatable bonds is 17. The third kappa shape index (κ3) is 9.93. The molecule has 0 fully saturated rings. The first-order valence-corrected chi connectivity index (χ1v) is 18.5. The Morgan fingerprint density at radius 1 is 0.932 bits per heavy atom. The molecular formula is C32H45N5O4S3. The molecule has 0 unspecified atom stereocenters. The van der Waals surface area contributed by atoms with Gasteiger partial charge in [0.05, 0.1) is 32.6 Å². The first-order chi connectivity index (χ1) is 20.9. The number of carbonyl (C=O) groups is 1. The molecule has 240 valence electrons. The van der Waals surface area contributed by atoms with Crippen molar-refractivity contribution in [2.45, 2.75) is 84.8 Å². The van der Waals surface area contributed by atoms with E-state index in [1.807, 2.05) is 18.7 Å². The number of carbonyl (C=O) groups excluding carboxylic acids is 1. The predicted octanol–water partition coefficient (Wildman–Crippen LogP) is 6.62. The Morgan fingerprint density at radius 3 is 2.09 bits per heavy atom. The minimum atomic E-state index is -3.96. The van der Waals surface area contributed by atoms with E-state index >= 15 is 0 Å². The van der Waals surface area contributed by atoms with E-state index in [2.05, 4.69) is 58.0 Å². The van der Waals surface area contributed by atoms with Crippen LogP contribution in [0.4, 0.5) is 0 Å². The van der Waals surface area contributed by atoms with E-state index in [9.17, 15) is 13.2 Å². The van der Waals surface area contributed by atoms with Gasteiger partial charge >= 0.3 is 0 Å². The van der Waals surface area contributed by atoms with Gasteiger partial charge in [0.2, 0.25) is 15.9 Å². The number of aromatic nitrogens is 2. The number of unbranched alkanes of at least 4 members (excludes halogenated alkanes) is 1. The fourth-order valence-corrected chi connectivity index (χ4v) is 7.74. The number of sulfonamides is 1. The van der Waals surface area contributed by atoms with E-state index in [-0.39, 0.29) is 22.6 Å². The second-order valence-electron chi connectivity index (χ2n) is 12.2. The number of hydrogen-bond acceptors (Lipinski definition) is 9. The van der Waals surface area contributed by atoms with Gasteiger partial charge < -0.3 is 9.32 Å². The summed E-state index contributed by atoms with van der Waals surface area (Å²) in [6, 6.07) is 5.62. The van der Waals surface area contributed by atoms with Crippen molar-refractivity contribution >= 4 is 49.6 Å². The molecule has 0 spiro atoms. The highest BCUT2D eigenvalue weighted by atomic mass is 32.2. The largest absolute Gasteiger partial charge is 0.464 e. The minimum absolute atomic E-state index is 0.117. The maximum atomic E-state index is 14.0. The average molecular weight is 660 g/mol. The van der Waals surface area contributed by atoms with Crippen LogP contribution in [-0.2, 0) is 27.9 Å². The van der Waals surface area contributed by atoms with Gasteiger partial charge in [-0.3, -0.25) is 9.69 Å². The number of fused-ring (bicyclic) bond motifs is 1. The Bertz CT molecular complexity index is 1560. The number of benzene rings is 1. The highest BCUT2D eigenvalue weighted by molar-refractivity contribution is 7.89. The molecule has 1 amide bonds. The monoisotopic (exact) mass is 659 g/mol. The summed E-state index contributed by atoms with van der Waals surface area (Å²) in [5.74, 6) is 0.347. The zero-order valence-electron chi connectivity index (χ0n) is 26.6. The van der Waals surface area contributed by atoms with E-state index in [1.54, 1.807) is 40.9 Å². The minimum Gasteiger partial charge on any atom is -0.464 e. The molecule has 3 aromatic heterocycles. The summed E-state index contributed by atoms with van der Waals surface area (Å²) >= 11 is 3.29. The number of furan rings is 1. The van der Waals surface area contributed by atoms with Crippen molar-refractivity contribution in [3.05, 3.63) is 62.7 Å². The third-order valence-electron chi connectivity index (χ3n) is 7.13. The van der Waals surface area contributed by atoms with Crippen LogP contribution >= 0.6 is 22.7 Å². The van der Waals surface area contributed by atoms with Crippen molar-refractivity contribution in [3.8, 4) is 0 Å². The lowest BCUT2D eigenvalue weighted by Gasteiger charge is -2.30. The molecule has 4 rings (SSSR count). The lowest BCUT2D eigenvalue weighted by molar-refractivity contribution is -0.134. The van der Waals surface area contributed by atoms with Crippen molar-refractivity contribution in [2.24, 2.45) is 11.8 Å². The highest BCUT2D eigenvalue weighted by Gasteiger charge is 2.30. The van der Waals surface area contributed by atoms with Crippen LogP contribution in [0, 0.1) is 25.7 Å². The summed E-state index contributed by atoms with van der Waals surface area (Å²) < 4.78 is 35.4. The SMILES string of the molecule is Cc1nc(CN(CCCC[C@H](NS(=O)(=O)c2ccc3occc3c2)C(=O)N(CC(C)C)CC(C)C)Cc2csc(C)n2)cs1. The molecular weight excluding hydrogens is 615 g/mol. The molecule has 0 radical (unpaired) electrons. The number of aryl methyl sites for hydroxylation is 2. The first kappa shape index (κ1) is 34.2. The maximum absolute atomic E-state index is 14.0. The van der Waals surface area contributed by atoms with Gasteiger partial charge in [-0.25, -0.2) is 18.4 Å². The third-order valence-corrected chi connectivity index (χ3v) is 10.2. The Kier molecular flexibility index (Phi) is 12.1. The molecule has 44 heavy (non-hydrogen) atoms. The summed E-state index contributed by atoms with van der Waals surface area (Å²) in [4.78, 5) is 27.5. The zero-order valence-corrected chi connectivity index (χ0v) is 29.0. The van der Waals surface area contributed by atoms with E-state index in [0.717, 1.165) is 34.4 Å². The molecule has 0 aliphatic heterocycles. The van der Waals surface area contributed by atoms with Crippen molar-refractivity contribution < 1.29 is 17.6 Å². The Labute approximate surface area is 269 Å². The molecule has 1 aromatic carbocycles. The smallest absolute Gasteiger partial charge is 0.241 e. The van der Waals surface area contributed by atoms with Crippen LogP contribution in [0.2, 0.25) is 0 Å². The molecule has 0 aliphatic rings. The van der Waals surface area contributed by atoms with Gasteiger partial charge in [0.25, 0.3) is 0 Å². The van der Waals surface area contributed by atoms with E-state index in [0.29, 0.717) is 50.0 Å². The Morgan fingerprint density at radius 2 is 1.55 bits per heavy atom. The molecule has 4 aromatic rings. The summed E-state index contributed by atoms with van der Waals surface area (Å²) in [5.41, 5.74) is 2.68. The molecule has 0 saturated heterocycles. The quantitative estimate of drug-likeness (QED) is 0.127. The van der Waals surface area contributed by atoms with Crippen molar-refractivity contribution in [1.82, 2.24) is 24.5 Å². The van der Waals surface area contributed by atoms with E-state index in [4.69, 9.17) is 4.42 Å². The summed E-state index contributed by atoms with van der Waals surface area (Å²) in [7, 11) is -3.96. The molecule has 0 bridgehead atoms. The molecule has 9 nitrogen and oxygen atoms in total. The van der Waals surface area contributed by atoms with E-state index in [1.165, 1.54) is 12.3 Å². The van der Waals surface area contributed by atoms with Crippen LogP contribution in [0.3, 0.4) is 0 Å². The number of nitrogens with zero attached hydrogens (tertiary/aromatic N) is 4. The second-order valence-corrected chi connectivity index (χ2v) is 16.1. The van der Waals surface area contributed by atoms with Crippen LogP contribution in [0.15, 0.2) is 50.6 Å². The van der Waals surface area contributed by atoms with Crippen LogP contribution in [0.1, 0.15) is 68.4 Å². The Balaban J connectivity index is 1.49. The summed E-state index contributed by atoms with van der Waals surface area (Å²) in [6.07, 6.45) is 3.41. The molecule has 0 aliphatic carbocycles. The van der Waals surface area contributed by atoms with Gasteiger partial charge in [0, 0.05) is 42.3 Å². The van der Waals surface area contributed by atoms with Gasteiger partial charge in [-0.1, -0.05) is 34.1 Å². The van der Waals surface area contributed by atoms with Gasteiger partial charge in [0.15, 0.2) is 0 Å². The van der Waals surface area contributed by atoms with Gasteiger partial charge in [-0.2, -0.15) is 4.72 Å². The van der Waals surface area contributed by atoms with Gasteiger partial charge in [0.1, 0.15) is 11.6 Å². The van der Waals surface area contributed by atoms with Crippen LogP contribution in [0.5, 0.6) is 0 Å². The predicted molar refractivity (Wildman–Crippen MR) is 178 cm³/mol. The number of amides is 1. The standard InChI is InChI=1S/C32H45N5O4S3/c1-22(2)16-37(17-23(3)4)32(38)30(35-44(39,40)29-10-11-31-26(15-29)12-14-41-31)9-7-8-13-36(18-27-20-42-24(5)33-27)19-28-21-43-25(6)34-28/h10-12,14-15,20-23,30,35H,7-9,13,16-19H2,1-6H3/t30-/m0/s1. The van der Waals surface area contributed by atoms with Crippen LogP contribution in [-0.4, -0.2) is 59.8 Å². The zero-order chi connectivity index (χ0) is 31.9. The van der Waals surface area contributed by atoms with Crippen LogP contribution in [0.25, 0.3) is 11.0 Å². The van der Waals surface area contributed by atoms with Gasteiger partial charge in [-0.05, 0) is 69.3 Å².